The average molecular weight is 306 g/mol. The monoisotopic (exact) mass is 306 g/mol. The van der Waals surface area contributed by atoms with Crippen LogP contribution in [0.5, 0.6) is 0 Å². The zero-order valence-electron chi connectivity index (χ0n) is 12.5. The predicted octanol–water partition coefficient (Wildman–Crippen LogP) is 2.61. The molecule has 0 aromatic carbocycles. The summed E-state index contributed by atoms with van der Waals surface area (Å²) in [5.74, 6) is 0.440. The lowest BCUT2D eigenvalue weighted by atomic mass is 9.79. The third-order valence-corrected chi connectivity index (χ3v) is 5.80. The number of nitrogens with zero attached hydrogens (tertiary/aromatic N) is 2. The highest BCUT2D eigenvalue weighted by Gasteiger charge is 2.46. The van der Waals surface area contributed by atoms with Crippen LogP contribution in [0.3, 0.4) is 0 Å². The maximum atomic E-state index is 12.6. The zero-order chi connectivity index (χ0) is 14.9. The van der Waals surface area contributed by atoms with E-state index in [1.54, 1.807) is 0 Å². The van der Waals surface area contributed by atoms with Crippen molar-refractivity contribution in [3.8, 4) is 0 Å². The van der Waals surface area contributed by atoms with Crippen LogP contribution in [0.1, 0.15) is 42.3 Å². The van der Waals surface area contributed by atoms with E-state index in [0.29, 0.717) is 12.5 Å². The molecule has 0 saturated carbocycles. The van der Waals surface area contributed by atoms with Gasteiger partial charge in [0.15, 0.2) is 0 Å². The molecular formula is C16H22N2O2S. The summed E-state index contributed by atoms with van der Waals surface area (Å²) in [5, 5.41) is 1.94. The van der Waals surface area contributed by atoms with Crippen molar-refractivity contribution in [1.82, 2.24) is 9.80 Å². The molecule has 0 N–H and O–H groups in total. The molecule has 0 unspecified atom stereocenters. The molecule has 0 radical (unpaired) electrons. The van der Waals surface area contributed by atoms with Gasteiger partial charge in [-0.05, 0) is 44.1 Å². The van der Waals surface area contributed by atoms with E-state index in [1.165, 1.54) is 11.3 Å². The Labute approximate surface area is 129 Å². The Hall–Kier alpha value is -1.36. The van der Waals surface area contributed by atoms with Gasteiger partial charge in [-0.2, -0.15) is 0 Å². The van der Waals surface area contributed by atoms with Crippen LogP contribution >= 0.6 is 11.3 Å². The summed E-state index contributed by atoms with van der Waals surface area (Å²) in [6, 6.07) is 3.80. The number of hydrogen-bond acceptors (Lipinski definition) is 3. The number of likely N-dealkylation sites (tertiary alicyclic amines) is 2. The van der Waals surface area contributed by atoms with Gasteiger partial charge < -0.3 is 9.80 Å². The van der Waals surface area contributed by atoms with Gasteiger partial charge in [0.1, 0.15) is 0 Å². The summed E-state index contributed by atoms with van der Waals surface area (Å²) >= 11 is 1.49. The van der Waals surface area contributed by atoms with Gasteiger partial charge in [0.2, 0.25) is 5.91 Å². The molecule has 1 aromatic rings. The second kappa shape index (κ2) is 5.79. The Bertz CT molecular complexity index is 528. The largest absolute Gasteiger partial charge is 0.342 e. The molecule has 2 saturated heterocycles. The molecule has 0 aliphatic carbocycles. The Balaban J connectivity index is 1.70. The summed E-state index contributed by atoms with van der Waals surface area (Å²) in [6.45, 7) is 5.21. The molecule has 1 spiro atoms. The van der Waals surface area contributed by atoms with E-state index in [4.69, 9.17) is 0 Å². The second-order valence-electron chi connectivity index (χ2n) is 6.04. The Morgan fingerprint density at radius 2 is 2.10 bits per heavy atom. The van der Waals surface area contributed by atoms with E-state index >= 15 is 0 Å². The van der Waals surface area contributed by atoms with Crippen molar-refractivity contribution >= 4 is 23.2 Å². The number of amides is 2. The number of carbonyl (C=O) groups excluding carboxylic acids is 2. The Morgan fingerprint density at radius 1 is 1.29 bits per heavy atom. The molecule has 2 fully saturated rings. The topological polar surface area (TPSA) is 40.6 Å². The lowest BCUT2D eigenvalue weighted by molar-refractivity contribution is -0.136. The summed E-state index contributed by atoms with van der Waals surface area (Å²) in [4.78, 5) is 29.8. The molecule has 3 rings (SSSR count). The fourth-order valence-electron chi connectivity index (χ4n) is 3.61. The van der Waals surface area contributed by atoms with Gasteiger partial charge in [-0.3, -0.25) is 9.59 Å². The fraction of sp³-hybridized carbons (Fsp3) is 0.625. The number of thiophene rings is 1. The molecule has 0 bridgehead atoms. The van der Waals surface area contributed by atoms with Crippen molar-refractivity contribution in [2.24, 2.45) is 5.41 Å². The van der Waals surface area contributed by atoms with Gasteiger partial charge in [0.05, 0.1) is 10.3 Å². The molecule has 3 heterocycles. The van der Waals surface area contributed by atoms with E-state index in [0.717, 1.165) is 50.2 Å². The fourth-order valence-corrected chi connectivity index (χ4v) is 4.30. The van der Waals surface area contributed by atoms with Crippen LogP contribution in [0, 0.1) is 5.41 Å². The lowest BCUT2D eigenvalue weighted by Gasteiger charge is -2.26. The minimum Gasteiger partial charge on any atom is -0.342 e. The highest BCUT2D eigenvalue weighted by atomic mass is 32.1. The van der Waals surface area contributed by atoms with Crippen molar-refractivity contribution in [1.29, 1.82) is 0 Å². The average Bonchev–Trinajstić information content (AvgIpc) is 3.06. The Morgan fingerprint density at radius 3 is 2.76 bits per heavy atom. The summed E-state index contributed by atoms with van der Waals surface area (Å²) in [5.41, 5.74) is -0.194. The third kappa shape index (κ3) is 2.59. The van der Waals surface area contributed by atoms with Crippen LogP contribution in [-0.2, 0) is 4.79 Å². The van der Waals surface area contributed by atoms with Gasteiger partial charge in [0.25, 0.3) is 5.91 Å². The molecule has 21 heavy (non-hydrogen) atoms. The first-order valence-corrected chi connectivity index (χ1v) is 8.66. The van der Waals surface area contributed by atoms with Crippen LogP contribution < -0.4 is 0 Å². The van der Waals surface area contributed by atoms with E-state index < -0.39 is 0 Å². The van der Waals surface area contributed by atoms with Crippen LogP contribution in [0.25, 0.3) is 0 Å². The first-order valence-electron chi connectivity index (χ1n) is 7.78. The van der Waals surface area contributed by atoms with Gasteiger partial charge in [-0.25, -0.2) is 0 Å². The van der Waals surface area contributed by atoms with Gasteiger partial charge in [-0.1, -0.05) is 6.07 Å². The van der Waals surface area contributed by atoms with Gasteiger partial charge in [0, 0.05) is 26.2 Å². The highest BCUT2D eigenvalue weighted by Crippen LogP contribution is 2.41. The third-order valence-electron chi connectivity index (χ3n) is 4.95. The normalized spacial score (nSPS) is 26.4. The summed E-state index contributed by atoms with van der Waals surface area (Å²) < 4.78 is 0. The number of hydrogen-bond donors (Lipinski definition) is 0. The zero-order valence-corrected chi connectivity index (χ0v) is 13.3. The molecule has 1 aromatic heterocycles. The molecule has 114 valence electrons. The maximum absolute atomic E-state index is 12.6. The van der Waals surface area contributed by atoms with Crippen LogP contribution in [0.4, 0.5) is 0 Å². The SMILES string of the molecule is CCN1CC[C@@]2(CCCN(C(=O)c3cccs3)CC2)C1=O. The van der Waals surface area contributed by atoms with Crippen LogP contribution in [0.2, 0.25) is 0 Å². The summed E-state index contributed by atoms with van der Waals surface area (Å²) in [6.07, 6.45) is 3.64. The van der Waals surface area contributed by atoms with Crippen LogP contribution in [-0.4, -0.2) is 47.8 Å². The number of rotatable bonds is 2. The van der Waals surface area contributed by atoms with Crippen molar-refractivity contribution in [2.45, 2.75) is 32.6 Å². The van der Waals surface area contributed by atoms with Gasteiger partial charge in [-0.15, -0.1) is 11.3 Å². The standard InChI is InChI=1S/C16H22N2O2S/c1-2-17-10-7-16(15(17)20)6-4-9-18(11-8-16)14(19)13-5-3-12-21-13/h3,5,12H,2,4,6-11H2,1H3/t16-/m1/s1. The molecule has 1 atom stereocenters. The molecule has 4 nitrogen and oxygen atoms in total. The minimum atomic E-state index is -0.194. The van der Waals surface area contributed by atoms with E-state index in [-0.39, 0.29) is 11.3 Å². The quantitative estimate of drug-likeness (QED) is 0.843. The molecule has 5 heteroatoms. The first-order chi connectivity index (χ1) is 10.2. The molecule has 2 aliphatic heterocycles. The van der Waals surface area contributed by atoms with Crippen molar-refractivity contribution in [3.05, 3.63) is 22.4 Å². The smallest absolute Gasteiger partial charge is 0.263 e. The van der Waals surface area contributed by atoms with Gasteiger partial charge >= 0.3 is 0 Å². The molecule has 2 aliphatic rings. The Kier molecular flexibility index (Phi) is 4.02. The van der Waals surface area contributed by atoms with Crippen molar-refractivity contribution in [3.63, 3.8) is 0 Å². The lowest BCUT2D eigenvalue weighted by Crippen LogP contribution is -2.36. The summed E-state index contributed by atoms with van der Waals surface area (Å²) in [7, 11) is 0. The van der Waals surface area contributed by atoms with Crippen molar-refractivity contribution in [2.75, 3.05) is 26.2 Å². The first kappa shape index (κ1) is 14.6. The minimum absolute atomic E-state index is 0.125. The predicted molar refractivity (Wildman–Crippen MR) is 83.4 cm³/mol. The molecular weight excluding hydrogens is 284 g/mol. The molecule has 2 amide bonds. The van der Waals surface area contributed by atoms with Crippen molar-refractivity contribution < 1.29 is 9.59 Å². The maximum Gasteiger partial charge on any atom is 0.263 e. The second-order valence-corrected chi connectivity index (χ2v) is 6.99. The van der Waals surface area contributed by atoms with E-state index in [9.17, 15) is 9.59 Å². The van der Waals surface area contributed by atoms with E-state index in [1.807, 2.05) is 34.2 Å². The van der Waals surface area contributed by atoms with Crippen LogP contribution in [0.15, 0.2) is 17.5 Å². The highest BCUT2D eigenvalue weighted by molar-refractivity contribution is 7.12. The van der Waals surface area contributed by atoms with E-state index in [2.05, 4.69) is 0 Å². The number of carbonyl (C=O) groups is 2.